The lowest BCUT2D eigenvalue weighted by Gasteiger charge is -2.52. The number of ketones is 4. The summed E-state index contributed by atoms with van der Waals surface area (Å²) < 4.78 is 28.0. The fraction of sp³-hybridized carbons (Fsp3) is 0.415. The molecule has 0 amide bonds. The molecule has 1 heterocycles. The molecule has 7 rings (SSSR count). The fourth-order valence-electron chi connectivity index (χ4n) is 8.65. The maximum absolute atomic E-state index is 15.0. The van der Waals surface area contributed by atoms with Crippen molar-refractivity contribution in [3.05, 3.63) is 92.5 Å². The number of aryl methyl sites for hydroxylation is 1. The first-order valence-electron chi connectivity index (χ1n) is 17.9. The van der Waals surface area contributed by atoms with Crippen LogP contribution in [0.15, 0.2) is 47.5 Å². The van der Waals surface area contributed by atoms with Crippen LogP contribution < -0.4 is 4.74 Å². The van der Waals surface area contributed by atoms with Crippen LogP contribution in [0.2, 0.25) is 0 Å². The van der Waals surface area contributed by atoms with Crippen LogP contribution in [-0.4, -0.2) is 113 Å². The van der Waals surface area contributed by atoms with Gasteiger partial charge in [0.2, 0.25) is 11.6 Å². The Morgan fingerprint density at radius 2 is 1.64 bits per heavy atom. The van der Waals surface area contributed by atoms with Gasteiger partial charge in [0.05, 0.1) is 48.0 Å². The van der Waals surface area contributed by atoms with E-state index in [1.807, 2.05) is 0 Å². The quantitative estimate of drug-likeness (QED) is 0.254. The van der Waals surface area contributed by atoms with E-state index in [2.05, 4.69) is 4.99 Å². The van der Waals surface area contributed by atoms with Crippen LogP contribution in [0.5, 0.6) is 11.5 Å². The van der Waals surface area contributed by atoms with Crippen LogP contribution in [0.25, 0.3) is 0 Å². The van der Waals surface area contributed by atoms with Crippen molar-refractivity contribution in [2.75, 3.05) is 21.3 Å². The van der Waals surface area contributed by atoms with E-state index in [4.69, 9.17) is 23.7 Å². The van der Waals surface area contributed by atoms with Crippen LogP contribution in [0.1, 0.15) is 94.3 Å². The summed E-state index contributed by atoms with van der Waals surface area (Å²) >= 11 is 0. The number of Topliss-reactive ketones (excluding diaryl/α,β-unsaturated/α-hetero) is 4. The van der Waals surface area contributed by atoms with Crippen LogP contribution in [0.4, 0.5) is 0 Å². The number of carbonyl (C=O) groups is 5. The normalized spacial score (nSPS) is 30.3. The number of aromatic hydroxyl groups is 1. The van der Waals surface area contributed by atoms with Crippen molar-refractivity contribution < 1.29 is 68.1 Å². The van der Waals surface area contributed by atoms with Crippen molar-refractivity contribution in [2.24, 2.45) is 10.4 Å². The van der Waals surface area contributed by atoms with Gasteiger partial charge in [0, 0.05) is 37.3 Å². The molecule has 8 atom stereocenters. The predicted molar refractivity (Wildman–Crippen MR) is 194 cm³/mol. The summed E-state index contributed by atoms with van der Waals surface area (Å²) in [6.45, 7) is 4.24. The Balaban J connectivity index is 1.40. The second-order valence-electron chi connectivity index (χ2n) is 14.7. The minimum atomic E-state index is -2.95. The van der Waals surface area contributed by atoms with Crippen LogP contribution >= 0.6 is 0 Å². The number of rotatable bonds is 7. The minimum absolute atomic E-state index is 0.133. The molecule has 1 saturated heterocycles. The molecule has 8 unspecified atom stereocenters. The third-order valence-electron chi connectivity index (χ3n) is 11.7. The zero-order valence-corrected chi connectivity index (χ0v) is 31.4. The molecule has 15 nitrogen and oxygen atoms in total. The van der Waals surface area contributed by atoms with Gasteiger partial charge < -0.3 is 44.1 Å². The summed E-state index contributed by atoms with van der Waals surface area (Å²) in [5.41, 5.74) is -7.16. The average molecular weight is 772 g/mol. The number of methoxy groups -OCH3 is 3. The highest BCUT2D eigenvalue weighted by atomic mass is 16.6. The Morgan fingerprint density at radius 3 is 2.29 bits per heavy atom. The van der Waals surface area contributed by atoms with E-state index < -0.39 is 111 Å². The Morgan fingerprint density at radius 1 is 0.964 bits per heavy atom. The van der Waals surface area contributed by atoms with Crippen molar-refractivity contribution in [1.82, 2.24) is 0 Å². The van der Waals surface area contributed by atoms with E-state index in [1.54, 1.807) is 44.2 Å². The summed E-state index contributed by atoms with van der Waals surface area (Å²) in [5, 5.41) is 47.2. The first kappa shape index (κ1) is 39.1. The SMILES string of the molecule is COC(=O)c1c(C)cc2c(c1OCc1ccccc1)C1(O)C(=O)c3cc4c(c(O)c3C(=O)C1(C)C(O)C2)C(=O)CC(=NC1OC(C)C(OC)C(O)C1OC)C4=O. The molecule has 0 aromatic heterocycles. The van der Waals surface area contributed by atoms with Crippen molar-refractivity contribution in [3.63, 3.8) is 0 Å². The molecule has 1 aliphatic heterocycles. The number of benzene rings is 3. The van der Waals surface area contributed by atoms with Gasteiger partial charge in [-0.15, -0.1) is 0 Å². The van der Waals surface area contributed by atoms with Crippen molar-refractivity contribution in [3.8, 4) is 11.5 Å². The topological polar surface area (TPSA) is 225 Å². The average Bonchev–Trinajstić information content (AvgIpc) is 3.16. The molecule has 0 radical (unpaired) electrons. The molecular formula is C41H41NO14. The van der Waals surface area contributed by atoms with Gasteiger partial charge in [-0.3, -0.25) is 24.2 Å². The third kappa shape index (κ3) is 5.48. The molecule has 3 aromatic rings. The van der Waals surface area contributed by atoms with Crippen molar-refractivity contribution in [2.45, 2.75) is 82.6 Å². The maximum Gasteiger partial charge on any atom is 0.341 e. The first-order valence-corrected chi connectivity index (χ1v) is 17.9. The van der Waals surface area contributed by atoms with Gasteiger partial charge in [0.1, 0.15) is 42.0 Å². The van der Waals surface area contributed by atoms with Crippen molar-refractivity contribution in [1.29, 1.82) is 0 Å². The highest BCUT2D eigenvalue weighted by molar-refractivity contribution is 6.53. The number of nitrogens with zero attached hydrogens (tertiary/aromatic N) is 1. The van der Waals surface area contributed by atoms with Gasteiger partial charge in [-0.2, -0.15) is 0 Å². The number of aliphatic imine (C=N–C) groups is 1. The molecule has 4 aliphatic rings. The Labute approximate surface area is 320 Å². The molecule has 0 saturated carbocycles. The molecule has 3 aromatic carbocycles. The van der Waals surface area contributed by atoms with Gasteiger partial charge >= 0.3 is 5.97 Å². The van der Waals surface area contributed by atoms with E-state index in [9.17, 15) is 39.6 Å². The highest BCUT2D eigenvalue weighted by Crippen LogP contribution is 2.59. The second kappa shape index (κ2) is 14.1. The number of phenols is 1. The van der Waals surface area contributed by atoms with E-state index in [1.165, 1.54) is 27.2 Å². The number of hydrogen-bond acceptors (Lipinski definition) is 15. The van der Waals surface area contributed by atoms with E-state index >= 15 is 4.79 Å². The number of ether oxygens (including phenoxy) is 5. The third-order valence-corrected chi connectivity index (χ3v) is 11.7. The summed E-state index contributed by atoms with van der Waals surface area (Å²) in [5.74, 6) is -6.09. The lowest BCUT2D eigenvalue weighted by atomic mass is 9.51. The lowest BCUT2D eigenvalue weighted by molar-refractivity contribution is -0.228. The highest BCUT2D eigenvalue weighted by Gasteiger charge is 2.69. The molecule has 4 N–H and O–H groups in total. The number of phenolic OH excluding ortho intramolecular Hbond substituents is 1. The molecule has 56 heavy (non-hydrogen) atoms. The molecular weight excluding hydrogens is 730 g/mol. The largest absolute Gasteiger partial charge is 0.506 e. The summed E-state index contributed by atoms with van der Waals surface area (Å²) in [7, 11) is 3.83. The van der Waals surface area contributed by atoms with E-state index in [0.29, 0.717) is 11.1 Å². The Bertz CT molecular complexity index is 2230. The first-order chi connectivity index (χ1) is 26.6. The summed E-state index contributed by atoms with van der Waals surface area (Å²) in [4.78, 5) is 75.3. The number of fused-ring (bicyclic) bond motifs is 5. The zero-order valence-electron chi connectivity index (χ0n) is 31.4. The molecule has 294 valence electrons. The van der Waals surface area contributed by atoms with Gasteiger partial charge in [-0.05, 0) is 43.5 Å². The second-order valence-corrected chi connectivity index (χ2v) is 14.7. The molecule has 0 bridgehead atoms. The van der Waals surface area contributed by atoms with E-state index in [0.717, 1.165) is 13.2 Å². The van der Waals surface area contributed by atoms with Crippen molar-refractivity contribution >= 4 is 34.8 Å². The molecule has 0 spiro atoms. The van der Waals surface area contributed by atoms with Gasteiger partial charge in [0.15, 0.2) is 23.4 Å². The van der Waals surface area contributed by atoms with Crippen LogP contribution in [0, 0.1) is 12.3 Å². The van der Waals surface area contributed by atoms with Gasteiger partial charge in [-0.1, -0.05) is 36.4 Å². The van der Waals surface area contributed by atoms with Gasteiger partial charge in [0.25, 0.3) is 0 Å². The monoisotopic (exact) mass is 771 g/mol. The number of carbonyl (C=O) groups excluding carboxylic acids is 5. The molecule has 15 heteroatoms. The standard InChI is InChI=1S/C41H41NO14/c1-17-12-20-13-25(44)40(3)37(49)28-22(36(48)41(40,51)29(20)34(26(17)39(50)54-6)55-16-19-10-8-7-9-11-19)14-21-27(31(28)46)24(43)15-23(30(21)45)42-38-35(53-5)32(47)33(52-4)18(2)56-38/h7-12,14,18,25,32-33,35,38,44,46-47,51H,13,15-16H2,1-6H3. The zero-order chi connectivity index (χ0) is 40.6. The Kier molecular flexibility index (Phi) is 9.84. The predicted octanol–water partition coefficient (Wildman–Crippen LogP) is 2.60. The van der Waals surface area contributed by atoms with E-state index in [-0.39, 0.29) is 41.2 Å². The number of esters is 1. The number of aliphatic hydroxyl groups excluding tert-OH is 2. The lowest BCUT2D eigenvalue weighted by Crippen LogP contribution is -2.65. The smallest absolute Gasteiger partial charge is 0.341 e. The molecule has 3 aliphatic carbocycles. The van der Waals surface area contributed by atoms with Gasteiger partial charge in [-0.25, -0.2) is 4.79 Å². The maximum atomic E-state index is 15.0. The number of aliphatic hydroxyl groups is 3. The van der Waals surface area contributed by atoms with Crippen LogP contribution in [-0.2, 0) is 37.6 Å². The summed E-state index contributed by atoms with van der Waals surface area (Å²) in [6.07, 6.45) is -7.72. The fourth-order valence-corrected chi connectivity index (χ4v) is 8.65. The Hall–Kier alpha value is -5.16. The number of hydrogen-bond donors (Lipinski definition) is 4. The summed E-state index contributed by atoms with van der Waals surface area (Å²) in [6, 6.07) is 11.3. The molecule has 1 fully saturated rings. The van der Waals surface area contributed by atoms with Crippen LogP contribution in [0.3, 0.4) is 0 Å². The minimum Gasteiger partial charge on any atom is -0.506 e.